The van der Waals surface area contributed by atoms with Gasteiger partial charge in [-0.3, -0.25) is 4.79 Å². The van der Waals surface area contributed by atoms with Crippen molar-refractivity contribution >= 4 is 11.9 Å². The van der Waals surface area contributed by atoms with Gasteiger partial charge in [-0.15, -0.1) is 0 Å². The van der Waals surface area contributed by atoms with E-state index in [-0.39, 0.29) is 11.7 Å². The van der Waals surface area contributed by atoms with Gasteiger partial charge in [0.25, 0.3) is 5.91 Å². The first-order chi connectivity index (χ1) is 11.5. The number of hydrogen-bond donors (Lipinski definition) is 2. The normalized spacial score (nSPS) is 18.4. The first kappa shape index (κ1) is 18.1. The summed E-state index contributed by atoms with van der Waals surface area (Å²) in [7, 11) is 0. The zero-order chi connectivity index (χ0) is 17.5. The molecule has 2 unspecified atom stereocenters. The molecule has 1 amide bonds. The number of carboxylic acid groups (broad SMARTS) is 1. The maximum atomic E-state index is 12.4. The largest absolute Gasteiger partial charge is 0.491 e. The van der Waals surface area contributed by atoms with Crippen LogP contribution in [0.3, 0.4) is 0 Å². The highest BCUT2D eigenvalue weighted by Gasteiger charge is 2.24. The van der Waals surface area contributed by atoms with Crippen LogP contribution in [0, 0.1) is 0 Å². The Balaban J connectivity index is 1.95. The third-order valence-electron chi connectivity index (χ3n) is 3.57. The molecule has 0 bridgehead atoms. The fourth-order valence-corrected chi connectivity index (χ4v) is 2.33. The number of carboxylic acids is 1. The van der Waals surface area contributed by atoms with Gasteiger partial charge < -0.3 is 19.9 Å². The summed E-state index contributed by atoms with van der Waals surface area (Å²) in [6.45, 7) is 1.06. The average Bonchev–Trinajstić information content (AvgIpc) is 3.05. The summed E-state index contributed by atoms with van der Waals surface area (Å²) in [6, 6.07) is 4.47. The number of aliphatic carboxylic acids is 1. The minimum Gasteiger partial charge on any atom is -0.491 e. The summed E-state index contributed by atoms with van der Waals surface area (Å²) in [5, 5.41) is 11.0. The Hall–Kier alpha value is -2.22. The monoisotopic (exact) mass is 343 g/mol. The second-order valence-corrected chi connectivity index (χ2v) is 5.46. The molecule has 0 radical (unpaired) electrons. The van der Waals surface area contributed by atoms with Crippen molar-refractivity contribution in [3.8, 4) is 5.75 Å². The van der Waals surface area contributed by atoms with Crippen molar-refractivity contribution in [2.24, 2.45) is 0 Å². The molecule has 0 spiro atoms. The maximum absolute atomic E-state index is 12.4. The molecule has 0 aromatic heterocycles. The molecule has 1 aromatic carbocycles. The summed E-state index contributed by atoms with van der Waals surface area (Å²) in [5.41, 5.74) is 0.139. The molecule has 1 saturated heterocycles. The van der Waals surface area contributed by atoms with Crippen molar-refractivity contribution < 1.29 is 33.0 Å². The van der Waals surface area contributed by atoms with Crippen LogP contribution < -0.4 is 10.1 Å². The van der Waals surface area contributed by atoms with Crippen molar-refractivity contribution in [3.05, 3.63) is 29.8 Å². The molecule has 6 nitrogen and oxygen atoms in total. The van der Waals surface area contributed by atoms with E-state index in [0.29, 0.717) is 19.0 Å². The van der Waals surface area contributed by atoms with Gasteiger partial charge in [0.05, 0.1) is 6.10 Å². The van der Waals surface area contributed by atoms with Crippen LogP contribution in [-0.4, -0.2) is 48.8 Å². The number of benzene rings is 1. The van der Waals surface area contributed by atoms with Gasteiger partial charge in [-0.1, -0.05) is 6.07 Å². The van der Waals surface area contributed by atoms with E-state index < -0.39 is 30.8 Å². The van der Waals surface area contributed by atoms with E-state index in [0.717, 1.165) is 12.8 Å². The highest BCUT2D eigenvalue weighted by Crippen LogP contribution is 2.17. The summed E-state index contributed by atoms with van der Waals surface area (Å²) in [4.78, 5) is 23.0. The van der Waals surface area contributed by atoms with Crippen molar-refractivity contribution in [1.82, 2.24) is 5.32 Å². The predicted molar refractivity (Wildman–Crippen MR) is 80.4 cm³/mol. The summed E-state index contributed by atoms with van der Waals surface area (Å²) < 4.78 is 35.7. The highest BCUT2D eigenvalue weighted by molar-refractivity contribution is 5.96. The smallest absolute Gasteiger partial charge is 0.326 e. The molecule has 0 saturated carbocycles. The first-order valence-electron chi connectivity index (χ1n) is 7.62. The molecule has 2 rings (SSSR count). The lowest BCUT2D eigenvalue weighted by atomic mass is 10.1. The summed E-state index contributed by atoms with van der Waals surface area (Å²) in [5.74, 6) is -1.82. The first-order valence-corrected chi connectivity index (χ1v) is 7.62. The minimum absolute atomic E-state index is 0.0184. The third kappa shape index (κ3) is 5.45. The fourth-order valence-electron chi connectivity index (χ4n) is 2.33. The van der Waals surface area contributed by atoms with E-state index in [1.54, 1.807) is 12.1 Å². The maximum Gasteiger partial charge on any atom is 0.326 e. The average molecular weight is 343 g/mol. The molecule has 24 heavy (non-hydrogen) atoms. The molecule has 1 heterocycles. The lowest BCUT2D eigenvalue weighted by molar-refractivity contribution is -0.140. The Bertz CT molecular complexity index is 575. The zero-order valence-electron chi connectivity index (χ0n) is 12.9. The Morgan fingerprint density at radius 3 is 2.83 bits per heavy atom. The molecule has 1 aromatic rings. The van der Waals surface area contributed by atoms with Gasteiger partial charge in [0, 0.05) is 18.6 Å². The second kappa shape index (κ2) is 8.58. The van der Waals surface area contributed by atoms with E-state index in [2.05, 4.69) is 5.32 Å². The number of alkyl halides is 2. The SMILES string of the molecule is O=C(NC(CC(F)F)C(=O)O)c1cccc(OCC2CCCO2)c1. The van der Waals surface area contributed by atoms with Crippen LogP contribution in [-0.2, 0) is 9.53 Å². The summed E-state index contributed by atoms with van der Waals surface area (Å²) >= 11 is 0. The topological polar surface area (TPSA) is 84.9 Å². The van der Waals surface area contributed by atoms with E-state index >= 15 is 0 Å². The molecule has 0 aliphatic carbocycles. The van der Waals surface area contributed by atoms with Crippen molar-refractivity contribution in [1.29, 1.82) is 0 Å². The van der Waals surface area contributed by atoms with Crippen LogP contribution in [0.4, 0.5) is 8.78 Å². The molecule has 2 atom stereocenters. The van der Waals surface area contributed by atoms with Gasteiger partial charge in [-0.2, -0.15) is 0 Å². The van der Waals surface area contributed by atoms with Crippen LogP contribution in [0.2, 0.25) is 0 Å². The number of ether oxygens (including phenoxy) is 2. The van der Waals surface area contributed by atoms with Crippen LogP contribution >= 0.6 is 0 Å². The number of carbonyl (C=O) groups excluding carboxylic acids is 1. The van der Waals surface area contributed by atoms with Gasteiger partial charge in [-0.05, 0) is 31.0 Å². The van der Waals surface area contributed by atoms with E-state index in [9.17, 15) is 18.4 Å². The van der Waals surface area contributed by atoms with Crippen molar-refractivity contribution in [2.75, 3.05) is 13.2 Å². The van der Waals surface area contributed by atoms with Gasteiger partial charge in [0.2, 0.25) is 6.43 Å². The number of hydrogen-bond acceptors (Lipinski definition) is 4. The fraction of sp³-hybridized carbons (Fsp3) is 0.500. The minimum atomic E-state index is -2.83. The van der Waals surface area contributed by atoms with Gasteiger partial charge in [0.15, 0.2) is 0 Å². The second-order valence-electron chi connectivity index (χ2n) is 5.46. The van der Waals surface area contributed by atoms with Gasteiger partial charge in [0.1, 0.15) is 18.4 Å². The van der Waals surface area contributed by atoms with Crippen LogP contribution in [0.25, 0.3) is 0 Å². The number of halogens is 2. The molecular weight excluding hydrogens is 324 g/mol. The molecule has 132 valence electrons. The van der Waals surface area contributed by atoms with Crippen molar-refractivity contribution in [2.45, 2.75) is 37.8 Å². The van der Waals surface area contributed by atoms with Gasteiger partial charge in [-0.25, -0.2) is 13.6 Å². The van der Waals surface area contributed by atoms with E-state index in [1.165, 1.54) is 12.1 Å². The molecule has 8 heteroatoms. The highest BCUT2D eigenvalue weighted by atomic mass is 19.3. The Morgan fingerprint density at radius 1 is 1.42 bits per heavy atom. The van der Waals surface area contributed by atoms with Gasteiger partial charge >= 0.3 is 5.97 Å². The number of amides is 1. The standard InChI is InChI=1S/C16H19F2NO5/c17-14(18)8-13(16(21)22)19-15(20)10-3-1-4-11(7-10)24-9-12-5-2-6-23-12/h1,3-4,7,12-14H,2,5-6,8-9H2,(H,19,20)(H,21,22). The quantitative estimate of drug-likeness (QED) is 0.755. The number of rotatable bonds is 8. The molecular formula is C16H19F2NO5. The van der Waals surface area contributed by atoms with Crippen LogP contribution in [0.5, 0.6) is 5.75 Å². The zero-order valence-corrected chi connectivity index (χ0v) is 12.9. The van der Waals surface area contributed by atoms with E-state index in [1.807, 2.05) is 0 Å². The molecule has 2 N–H and O–H groups in total. The van der Waals surface area contributed by atoms with Crippen LogP contribution in [0.15, 0.2) is 24.3 Å². The van der Waals surface area contributed by atoms with E-state index in [4.69, 9.17) is 14.6 Å². The Kier molecular flexibility index (Phi) is 6.48. The molecule has 1 aliphatic heterocycles. The van der Waals surface area contributed by atoms with Crippen LogP contribution in [0.1, 0.15) is 29.6 Å². The number of carbonyl (C=O) groups is 2. The lowest BCUT2D eigenvalue weighted by Crippen LogP contribution is -2.42. The number of nitrogens with one attached hydrogen (secondary N) is 1. The predicted octanol–water partition coefficient (Wildman–Crippen LogP) is 2.08. The third-order valence-corrected chi connectivity index (χ3v) is 3.57. The lowest BCUT2D eigenvalue weighted by Gasteiger charge is -2.15. The molecule has 1 fully saturated rings. The van der Waals surface area contributed by atoms with Crippen molar-refractivity contribution in [3.63, 3.8) is 0 Å². The Labute approximate surface area is 137 Å². The summed E-state index contributed by atoms with van der Waals surface area (Å²) in [6.07, 6.45) is -1.86. The Morgan fingerprint density at radius 2 is 2.21 bits per heavy atom. The molecule has 1 aliphatic rings.